The molecule has 3 heteroatoms. The molecule has 0 aliphatic rings. The maximum Gasteiger partial charge on any atom is 0.234 e. The van der Waals surface area contributed by atoms with Crippen LogP contribution in [0.15, 0.2) is 24.3 Å². The molecule has 0 fully saturated rings. The molecule has 1 aromatic rings. The number of Topliss-reactive ketones (excluding diaryl/α,β-unsaturated/α-hetero) is 1. The normalized spacial score (nSPS) is 10.9. The lowest BCUT2D eigenvalue weighted by Gasteiger charge is -2.10. The highest BCUT2D eigenvalue weighted by Gasteiger charge is 2.17. The van der Waals surface area contributed by atoms with Gasteiger partial charge in [0.25, 0.3) is 0 Å². The molecule has 3 nitrogen and oxygen atoms in total. The summed E-state index contributed by atoms with van der Waals surface area (Å²) in [5.74, 6) is -0.970. The lowest BCUT2D eigenvalue weighted by atomic mass is 10.1. The van der Waals surface area contributed by atoms with Crippen molar-refractivity contribution in [2.75, 3.05) is 5.32 Å². The SMILES string of the molecule is CC.CC(=O)C(C)C(=O)Nc1ccccc1C. The van der Waals surface area contributed by atoms with Crippen molar-refractivity contribution in [2.45, 2.75) is 34.6 Å². The van der Waals surface area contributed by atoms with Gasteiger partial charge in [0.2, 0.25) is 5.91 Å². The number of aryl methyl sites for hydroxylation is 1. The molecule has 1 aromatic carbocycles. The second-order valence-electron chi connectivity index (χ2n) is 3.64. The van der Waals surface area contributed by atoms with Gasteiger partial charge in [-0.05, 0) is 32.4 Å². The minimum atomic E-state index is -0.593. The summed E-state index contributed by atoms with van der Waals surface area (Å²) < 4.78 is 0. The molecule has 17 heavy (non-hydrogen) atoms. The summed E-state index contributed by atoms with van der Waals surface area (Å²) in [5, 5.41) is 2.73. The Hall–Kier alpha value is -1.64. The van der Waals surface area contributed by atoms with Gasteiger partial charge >= 0.3 is 0 Å². The molecule has 0 spiro atoms. The highest BCUT2D eigenvalue weighted by molar-refractivity contribution is 6.06. The number of amides is 1. The van der Waals surface area contributed by atoms with Crippen LogP contribution in [0.2, 0.25) is 0 Å². The zero-order valence-electron chi connectivity index (χ0n) is 11.2. The highest BCUT2D eigenvalue weighted by Crippen LogP contribution is 2.14. The molecule has 1 atom stereocenters. The molecular formula is C14H21NO2. The Labute approximate surface area is 103 Å². The van der Waals surface area contributed by atoms with Crippen molar-refractivity contribution in [3.05, 3.63) is 29.8 Å². The van der Waals surface area contributed by atoms with E-state index in [1.807, 2.05) is 45.0 Å². The topological polar surface area (TPSA) is 46.2 Å². The molecule has 0 radical (unpaired) electrons. The molecule has 0 aromatic heterocycles. The average molecular weight is 235 g/mol. The number of carbonyl (C=O) groups is 2. The summed E-state index contributed by atoms with van der Waals surface area (Å²) in [6, 6.07) is 7.48. The monoisotopic (exact) mass is 235 g/mol. The van der Waals surface area contributed by atoms with Crippen molar-refractivity contribution in [1.82, 2.24) is 0 Å². The molecule has 1 rings (SSSR count). The van der Waals surface area contributed by atoms with E-state index < -0.39 is 5.92 Å². The summed E-state index contributed by atoms with van der Waals surface area (Å²) in [4.78, 5) is 22.6. The first-order valence-electron chi connectivity index (χ1n) is 5.89. The molecular weight excluding hydrogens is 214 g/mol. The third kappa shape index (κ3) is 4.81. The molecule has 1 N–H and O–H groups in total. The fourth-order valence-corrected chi connectivity index (χ4v) is 1.14. The van der Waals surface area contributed by atoms with Gasteiger partial charge in [-0.1, -0.05) is 32.0 Å². The van der Waals surface area contributed by atoms with Crippen LogP contribution in [0.25, 0.3) is 0 Å². The molecule has 0 saturated carbocycles. The van der Waals surface area contributed by atoms with Crippen LogP contribution in [-0.2, 0) is 9.59 Å². The molecule has 94 valence electrons. The Morgan fingerprint density at radius 1 is 1.18 bits per heavy atom. The van der Waals surface area contributed by atoms with Crippen LogP contribution < -0.4 is 5.32 Å². The fourth-order valence-electron chi connectivity index (χ4n) is 1.14. The number of hydrogen-bond donors (Lipinski definition) is 1. The van der Waals surface area contributed by atoms with Gasteiger partial charge in [0, 0.05) is 5.69 Å². The summed E-state index contributed by atoms with van der Waals surface area (Å²) in [6.45, 7) is 8.94. The predicted octanol–water partition coefficient (Wildman–Crippen LogP) is 3.18. The molecule has 0 bridgehead atoms. The van der Waals surface area contributed by atoms with E-state index in [1.54, 1.807) is 6.92 Å². The Morgan fingerprint density at radius 3 is 2.18 bits per heavy atom. The Morgan fingerprint density at radius 2 is 1.71 bits per heavy atom. The van der Waals surface area contributed by atoms with E-state index in [0.717, 1.165) is 11.3 Å². The molecule has 1 unspecified atom stereocenters. The van der Waals surface area contributed by atoms with Gasteiger partial charge in [0.1, 0.15) is 5.78 Å². The van der Waals surface area contributed by atoms with Crippen LogP contribution in [0, 0.1) is 12.8 Å². The van der Waals surface area contributed by atoms with Crippen LogP contribution in [0.1, 0.15) is 33.3 Å². The third-order valence-corrected chi connectivity index (χ3v) is 2.41. The van der Waals surface area contributed by atoms with Gasteiger partial charge in [-0.15, -0.1) is 0 Å². The summed E-state index contributed by atoms with van der Waals surface area (Å²) >= 11 is 0. The lowest BCUT2D eigenvalue weighted by Crippen LogP contribution is -2.25. The maximum absolute atomic E-state index is 11.6. The van der Waals surface area contributed by atoms with Gasteiger partial charge in [0.05, 0.1) is 5.92 Å². The van der Waals surface area contributed by atoms with Crippen LogP contribution in [0.4, 0.5) is 5.69 Å². The number of rotatable bonds is 3. The van der Waals surface area contributed by atoms with Crippen molar-refractivity contribution in [1.29, 1.82) is 0 Å². The average Bonchev–Trinajstić information content (AvgIpc) is 2.33. The largest absolute Gasteiger partial charge is 0.325 e. The Kier molecular flexibility index (Phi) is 6.87. The second kappa shape index (κ2) is 7.60. The first kappa shape index (κ1) is 15.4. The Balaban J connectivity index is 0.00000121. The zero-order chi connectivity index (χ0) is 13.4. The van der Waals surface area contributed by atoms with Crippen molar-refractivity contribution < 1.29 is 9.59 Å². The van der Waals surface area contributed by atoms with Gasteiger partial charge < -0.3 is 5.32 Å². The van der Waals surface area contributed by atoms with Gasteiger partial charge in [-0.2, -0.15) is 0 Å². The molecule has 0 aliphatic carbocycles. The van der Waals surface area contributed by atoms with Crippen molar-refractivity contribution >= 4 is 17.4 Å². The molecule has 0 heterocycles. The number of ketones is 1. The number of anilines is 1. The van der Waals surface area contributed by atoms with E-state index >= 15 is 0 Å². The summed E-state index contributed by atoms with van der Waals surface area (Å²) in [7, 11) is 0. The third-order valence-electron chi connectivity index (χ3n) is 2.41. The lowest BCUT2D eigenvalue weighted by molar-refractivity contribution is -0.129. The van der Waals surface area contributed by atoms with Crippen molar-refractivity contribution in [3.63, 3.8) is 0 Å². The quantitative estimate of drug-likeness (QED) is 0.818. The summed E-state index contributed by atoms with van der Waals surface area (Å²) in [6.07, 6.45) is 0. The van der Waals surface area contributed by atoms with E-state index in [4.69, 9.17) is 0 Å². The smallest absolute Gasteiger partial charge is 0.234 e. The zero-order valence-corrected chi connectivity index (χ0v) is 11.2. The van der Waals surface area contributed by atoms with Crippen LogP contribution in [-0.4, -0.2) is 11.7 Å². The van der Waals surface area contributed by atoms with E-state index in [-0.39, 0.29) is 11.7 Å². The number of hydrogen-bond acceptors (Lipinski definition) is 2. The highest BCUT2D eigenvalue weighted by atomic mass is 16.2. The first-order chi connectivity index (χ1) is 8.02. The minimum absolute atomic E-state index is 0.124. The van der Waals surface area contributed by atoms with Crippen molar-refractivity contribution in [3.8, 4) is 0 Å². The van der Waals surface area contributed by atoms with E-state index in [2.05, 4.69) is 5.32 Å². The Bertz CT molecular complexity index is 386. The maximum atomic E-state index is 11.6. The van der Waals surface area contributed by atoms with Gasteiger partial charge in [0.15, 0.2) is 0 Å². The van der Waals surface area contributed by atoms with Gasteiger partial charge in [-0.3, -0.25) is 9.59 Å². The first-order valence-corrected chi connectivity index (χ1v) is 5.89. The van der Waals surface area contributed by atoms with Crippen molar-refractivity contribution in [2.24, 2.45) is 5.92 Å². The van der Waals surface area contributed by atoms with E-state index in [0.29, 0.717) is 0 Å². The summed E-state index contributed by atoms with van der Waals surface area (Å²) in [5.41, 5.74) is 1.75. The van der Waals surface area contributed by atoms with E-state index in [1.165, 1.54) is 6.92 Å². The molecule has 0 aliphatic heterocycles. The van der Waals surface area contributed by atoms with Crippen LogP contribution >= 0.6 is 0 Å². The number of carbonyl (C=O) groups excluding carboxylic acids is 2. The predicted molar refractivity (Wildman–Crippen MR) is 71.0 cm³/mol. The second-order valence-corrected chi connectivity index (χ2v) is 3.64. The van der Waals surface area contributed by atoms with Gasteiger partial charge in [-0.25, -0.2) is 0 Å². The fraction of sp³-hybridized carbons (Fsp3) is 0.429. The molecule has 1 amide bonds. The van der Waals surface area contributed by atoms with Crippen LogP contribution in [0.3, 0.4) is 0 Å². The van der Waals surface area contributed by atoms with Crippen LogP contribution in [0.5, 0.6) is 0 Å². The van der Waals surface area contributed by atoms with E-state index in [9.17, 15) is 9.59 Å². The number of benzene rings is 1. The molecule has 0 saturated heterocycles. The number of para-hydroxylation sites is 1. The standard InChI is InChI=1S/C12H15NO2.C2H6/c1-8-6-4-5-7-11(8)13-12(15)9(2)10(3)14;1-2/h4-7,9H,1-3H3,(H,13,15);1-2H3. The number of nitrogens with one attached hydrogen (secondary N) is 1. The minimum Gasteiger partial charge on any atom is -0.325 e.